The quantitative estimate of drug-likeness (QED) is 0.353. The Morgan fingerprint density at radius 2 is 1.74 bits per heavy atom. The fourth-order valence-electron chi connectivity index (χ4n) is 1.71. The third-order valence-corrected chi connectivity index (χ3v) is 2.67. The molecular formula is C12H23BF4N2. The highest BCUT2D eigenvalue weighted by molar-refractivity contribution is 6.50. The zero-order valence-electron chi connectivity index (χ0n) is 11.8. The van der Waals surface area contributed by atoms with Crippen molar-refractivity contribution in [3.8, 4) is 0 Å². The summed E-state index contributed by atoms with van der Waals surface area (Å²) in [5.41, 5.74) is 0. The van der Waals surface area contributed by atoms with Crippen molar-refractivity contribution >= 4 is 7.25 Å². The molecule has 0 bridgehead atoms. The predicted molar refractivity (Wildman–Crippen MR) is 69.2 cm³/mol. The molecule has 7 heteroatoms. The smallest absolute Gasteiger partial charge is 0.418 e. The van der Waals surface area contributed by atoms with Gasteiger partial charge >= 0.3 is 7.25 Å². The SMILES string of the molecule is CC(C)CCCCCc1[nH]cc[n+]1C.F[B-](F)(F)F. The zero-order chi connectivity index (χ0) is 14.9. The van der Waals surface area contributed by atoms with Crippen molar-refractivity contribution in [3.05, 3.63) is 18.2 Å². The number of aromatic nitrogens is 2. The molecule has 0 fully saturated rings. The minimum absolute atomic E-state index is 0.858. The summed E-state index contributed by atoms with van der Waals surface area (Å²) in [5.74, 6) is 2.20. The largest absolute Gasteiger partial charge is 0.673 e. The van der Waals surface area contributed by atoms with E-state index in [9.17, 15) is 17.3 Å². The normalized spacial score (nSPS) is 11.4. The highest BCUT2D eigenvalue weighted by Crippen LogP contribution is 2.09. The third-order valence-electron chi connectivity index (χ3n) is 2.67. The van der Waals surface area contributed by atoms with Gasteiger partial charge in [-0.2, -0.15) is 0 Å². The monoisotopic (exact) mass is 282 g/mol. The Bertz CT molecular complexity index is 331. The van der Waals surface area contributed by atoms with Crippen LogP contribution in [0.4, 0.5) is 17.3 Å². The molecule has 19 heavy (non-hydrogen) atoms. The van der Waals surface area contributed by atoms with E-state index in [-0.39, 0.29) is 0 Å². The van der Waals surface area contributed by atoms with Crippen molar-refractivity contribution in [2.45, 2.75) is 46.0 Å². The fourth-order valence-corrected chi connectivity index (χ4v) is 1.71. The number of aromatic amines is 1. The van der Waals surface area contributed by atoms with Crippen LogP contribution in [0.1, 0.15) is 45.4 Å². The van der Waals surface area contributed by atoms with Crippen molar-refractivity contribution in [3.63, 3.8) is 0 Å². The lowest BCUT2D eigenvalue weighted by atomic mass is 10.0. The summed E-state index contributed by atoms with van der Waals surface area (Å²) in [6.45, 7) is 4.59. The molecule has 0 spiro atoms. The van der Waals surface area contributed by atoms with Crippen molar-refractivity contribution in [1.29, 1.82) is 0 Å². The highest BCUT2D eigenvalue weighted by Gasteiger charge is 2.20. The molecule has 1 heterocycles. The van der Waals surface area contributed by atoms with E-state index in [1.165, 1.54) is 37.9 Å². The summed E-state index contributed by atoms with van der Waals surface area (Å²) in [4.78, 5) is 3.27. The molecule has 1 rings (SSSR count). The number of halogens is 4. The Morgan fingerprint density at radius 1 is 1.16 bits per heavy atom. The van der Waals surface area contributed by atoms with Crippen molar-refractivity contribution < 1.29 is 21.8 Å². The van der Waals surface area contributed by atoms with E-state index in [1.807, 2.05) is 6.20 Å². The Hall–Kier alpha value is -1.01. The van der Waals surface area contributed by atoms with E-state index >= 15 is 0 Å². The lowest BCUT2D eigenvalue weighted by Gasteiger charge is -2.02. The van der Waals surface area contributed by atoms with Gasteiger partial charge in [0.15, 0.2) is 0 Å². The van der Waals surface area contributed by atoms with Gasteiger partial charge in [-0.1, -0.05) is 33.1 Å². The van der Waals surface area contributed by atoms with E-state index in [2.05, 4.69) is 36.6 Å². The minimum Gasteiger partial charge on any atom is -0.418 e. The van der Waals surface area contributed by atoms with E-state index < -0.39 is 7.25 Å². The Balaban J connectivity index is 0.000000555. The first-order valence-corrected chi connectivity index (χ1v) is 6.59. The molecule has 0 atom stereocenters. The standard InChI is InChI=1S/C12H22N2.BF4/c1-11(2)7-5-4-6-8-12-13-9-10-14(12)3;2-1(3,4)5/h9-11H,4-8H2,1-3H3;/q;-1/p+1. The van der Waals surface area contributed by atoms with Crippen LogP contribution in [0.5, 0.6) is 0 Å². The van der Waals surface area contributed by atoms with Crippen LogP contribution < -0.4 is 4.57 Å². The Morgan fingerprint density at radius 3 is 2.16 bits per heavy atom. The van der Waals surface area contributed by atoms with Crippen LogP contribution in [0.25, 0.3) is 0 Å². The van der Waals surface area contributed by atoms with Crippen LogP contribution in [0.15, 0.2) is 12.4 Å². The van der Waals surface area contributed by atoms with Gasteiger partial charge in [-0.15, -0.1) is 0 Å². The summed E-state index contributed by atoms with van der Waals surface area (Å²) in [6, 6.07) is 0. The molecule has 0 aliphatic heterocycles. The van der Waals surface area contributed by atoms with Crippen molar-refractivity contribution in [1.82, 2.24) is 4.98 Å². The van der Waals surface area contributed by atoms with Crippen LogP contribution in [-0.2, 0) is 13.5 Å². The van der Waals surface area contributed by atoms with Crippen molar-refractivity contribution in [2.75, 3.05) is 0 Å². The van der Waals surface area contributed by atoms with Gasteiger partial charge in [0.25, 0.3) is 5.82 Å². The van der Waals surface area contributed by atoms with E-state index in [4.69, 9.17) is 0 Å². The molecule has 2 nitrogen and oxygen atoms in total. The first-order valence-electron chi connectivity index (χ1n) is 6.59. The molecule has 0 saturated carbocycles. The molecule has 1 aromatic rings. The van der Waals surface area contributed by atoms with Gasteiger partial charge in [-0.05, 0) is 12.3 Å². The number of unbranched alkanes of at least 4 members (excludes halogenated alkanes) is 2. The number of imidazole rings is 1. The third kappa shape index (κ3) is 13.2. The van der Waals surface area contributed by atoms with Gasteiger partial charge in [0.1, 0.15) is 12.4 Å². The number of rotatable bonds is 6. The van der Waals surface area contributed by atoms with Crippen LogP contribution in [0, 0.1) is 5.92 Å². The average Bonchev–Trinajstić information content (AvgIpc) is 2.61. The van der Waals surface area contributed by atoms with Crippen LogP contribution in [0.3, 0.4) is 0 Å². The Labute approximate surface area is 112 Å². The average molecular weight is 282 g/mol. The molecule has 1 aromatic heterocycles. The molecule has 0 aromatic carbocycles. The number of H-pyrrole nitrogens is 1. The molecule has 0 aliphatic rings. The lowest BCUT2D eigenvalue weighted by Crippen LogP contribution is -2.30. The second kappa shape index (κ2) is 8.99. The van der Waals surface area contributed by atoms with Gasteiger partial charge < -0.3 is 17.3 Å². The van der Waals surface area contributed by atoms with Gasteiger partial charge in [-0.25, -0.2) is 9.55 Å². The van der Waals surface area contributed by atoms with Crippen LogP contribution >= 0.6 is 0 Å². The van der Waals surface area contributed by atoms with E-state index in [0.717, 1.165) is 5.92 Å². The second-order valence-corrected chi connectivity index (χ2v) is 5.01. The summed E-state index contributed by atoms with van der Waals surface area (Å²) >= 11 is 0. The summed E-state index contributed by atoms with van der Waals surface area (Å²) in [6.07, 6.45) is 10.7. The molecule has 0 unspecified atom stereocenters. The van der Waals surface area contributed by atoms with Gasteiger partial charge in [-0.3, -0.25) is 0 Å². The summed E-state index contributed by atoms with van der Waals surface area (Å²) < 4.78 is 41.2. The number of hydrogen-bond donors (Lipinski definition) is 1. The highest BCUT2D eigenvalue weighted by atomic mass is 19.5. The molecular weight excluding hydrogens is 259 g/mol. The molecule has 0 saturated heterocycles. The van der Waals surface area contributed by atoms with Gasteiger partial charge in [0.05, 0.1) is 7.05 Å². The van der Waals surface area contributed by atoms with Crippen LogP contribution in [-0.4, -0.2) is 12.2 Å². The Kier molecular flexibility index (Phi) is 8.51. The number of nitrogens with zero attached hydrogens (tertiary/aromatic N) is 1. The number of aryl methyl sites for hydroxylation is 2. The molecule has 0 radical (unpaired) electrons. The predicted octanol–water partition coefficient (Wildman–Crippen LogP) is 3.90. The molecule has 0 aliphatic carbocycles. The van der Waals surface area contributed by atoms with E-state index in [0.29, 0.717) is 0 Å². The zero-order valence-corrected chi connectivity index (χ0v) is 11.8. The van der Waals surface area contributed by atoms with Gasteiger partial charge in [0.2, 0.25) is 0 Å². The van der Waals surface area contributed by atoms with Crippen molar-refractivity contribution in [2.24, 2.45) is 13.0 Å². The van der Waals surface area contributed by atoms with E-state index in [1.54, 1.807) is 0 Å². The number of nitrogens with one attached hydrogen (secondary N) is 1. The van der Waals surface area contributed by atoms with Gasteiger partial charge in [0, 0.05) is 6.42 Å². The maximum Gasteiger partial charge on any atom is 0.673 e. The second-order valence-electron chi connectivity index (χ2n) is 5.01. The first kappa shape index (κ1) is 18.0. The topological polar surface area (TPSA) is 19.7 Å². The van der Waals surface area contributed by atoms with Crippen LogP contribution in [0.2, 0.25) is 0 Å². The maximum absolute atomic E-state index is 9.75. The molecule has 0 amide bonds. The molecule has 112 valence electrons. The summed E-state index contributed by atoms with van der Waals surface area (Å²) in [7, 11) is -3.90. The summed E-state index contributed by atoms with van der Waals surface area (Å²) in [5, 5.41) is 0. The first-order chi connectivity index (χ1) is 8.70. The number of hydrogen-bond acceptors (Lipinski definition) is 0. The maximum atomic E-state index is 9.75. The lowest BCUT2D eigenvalue weighted by molar-refractivity contribution is -0.677. The fraction of sp³-hybridized carbons (Fsp3) is 0.750. The minimum atomic E-state index is -6.00. The molecule has 1 N–H and O–H groups in total.